The summed E-state index contributed by atoms with van der Waals surface area (Å²) in [5.41, 5.74) is 4.18. The Kier molecular flexibility index (Phi) is 5.87. The molecule has 1 heterocycles. The van der Waals surface area contributed by atoms with Crippen molar-refractivity contribution in [3.63, 3.8) is 0 Å². The van der Waals surface area contributed by atoms with Gasteiger partial charge in [0.25, 0.3) is 5.13 Å². The summed E-state index contributed by atoms with van der Waals surface area (Å²) in [6.07, 6.45) is -4.55. The van der Waals surface area contributed by atoms with Gasteiger partial charge in [-0.15, -0.1) is 20.4 Å². The lowest BCUT2D eigenvalue weighted by Gasteiger charge is -2.02. The van der Waals surface area contributed by atoms with E-state index in [0.717, 1.165) is 16.8 Å². The van der Waals surface area contributed by atoms with E-state index < -0.39 is 11.2 Å². The lowest BCUT2D eigenvalue weighted by molar-refractivity contribution is -0.138. The average Bonchev–Trinajstić information content (AvgIpc) is 3.16. The van der Waals surface area contributed by atoms with Gasteiger partial charge in [-0.2, -0.15) is 23.4 Å². The van der Waals surface area contributed by atoms with Gasteiger partial charge in [0.2, 0.25) is 5.01 Å². The Bertz CT molecular complexity index is 1100. The molecule has 7 nitrogen and oxygen atoms in total. The number of alkyl halides is 3. The summed E-state index contributed by atoms with van der Waals surface area (Å²) < 4.78 is 37.6. The Morgan fingerprint density at radius 1 is 0.828 bits per heavy atom. The highest BCUT2D eigenvalue weighted by atomic mass is 32.1. The van der Waals surface area contributed by atoms with Crippen LogP contribution in [0.2, 0.25) is 0 Å². The first-order chi connectivity index (χ1) is 13.8. The van der Waals surface area contributed by atoms with Crippen LogP contribution in [-0.4, -0.2) is 16.9 Å². The van der Waals surface area contributed by atoms with Crippen LogP contribution in [0.25, 0.3) is 0 Å². The quantitative estimate of drug-likeness (QED) is 0.321. The topological polar surface area (TPSA) is 87.6 Å². The third-order valence-electron chi connectivity index (χ3n) is 3.72. The van der Waals surface area contributed by atoms with Gasteiger partial charge in [-0.1, -0.05) is 11.3 Å². The van der Waals surface area contributed by atoms with Crippen molar-refractivity contribution in [3.05, 3.63) is 52.5 Å². The van der Waals surface area contributed by atoms with Gasteiger partial charge in [0.15, 0.2) is 0 Å². The van der Waals surface area contributed by atoms with E-state index in [4.69, 9.17) is 0 Å². The van der Waals surface area contributed by atoms with Crippen LogP contribution < -0.4 is 0 Å². The highest BCUT2D eigenvalue weighted by Crippen LogP contribution is 2.35. The zero-order chi connectivity index (χ0) is 21.0. The summed E-state index contributed by atoms with van der Waals surface area (Å²) >= 11 is 0.326. The molecule has 1 aromatic heterocycles. The van der Waals surface area contributed by atoms with Crippen LogP contribution >= 0.6 is 11.3 Å². The number of nitrogens with zero attached hydrogens (tertiary/aromatic N) is 7. The number of hydrogen-bond donors (Lipinski definition) is 0. The van der Waals surface area contributed by atoms with Crippen LogP contribution in [-0.2, 0) is 6.18 Å². The molecule has 0 saturated heterocycles. The molecule has 0 N–H and O–H groups in total. The molecular formula is C18H14F3N7S. The van der Waals surface area contributed by atoms with Gasteiger partial charge in [0.05, 0.1) is 22.7 Å². The normalized spacial score (nSPS) is 12.2. The molecule has 3 rings (SSSR count). The molecule has 0 spiro atoms. The molecule has 148 valence electrons. The fourth-order valence-corrected chi connectivity index (χ4v) is 2.78. The predicted octanol–water partition coefficient (Wildman–Crippen LogP) is 7.34. The van der Waals surface area contributed by atoms with Gasteiger partial charge < -0.3 is 0 Å². The van der Waals surface area contributed by atoms with E-state index in [0.29, 0.717) is 28.4 Å². The van der Waals surface area contributed by atoms with Gasteiger partial charge in [0.1, 0.15) is 0 Å². The van der Waals surface area contributed by atoms with Gasteiger partial charge in [-0.05, 0) is 68.1 Å². The van der Waals surface area contributed by atoms with Crippen LogP contribution in [0.4, 0.5) is 41.1 Å². The second-order valence-electron chi connectivity index (χ2n) is 5.89. The Morgan fingerprint density at radius 2 is 1.41 bits per heavy atom. The molecule has 0 fully saturated rings. The molecule has 0 atom stereocenters. The summed E-state index contributed by atoms with van der Waals surface area (Å²) in [6, 6.07) is 10.5. The van der Waals surface area contributed by atoms with Crippen molar-refractivity contribution < 1.29 is 13.2 Å². The predicted molar refractivity (Wildman–Crippen MR) is 105 cm³/mol. The highest BCUT2D eigenvalue weighted by molar-refractivity contribution is 7.15. The van der Waals surface area contributed by atoms with Crippen molar-refractivity contribution in [2.75, 3.05) is 0 Å². The molecule has 29 heavy (non-hydrogen) atoms. The summed E-state index contributed by atoms with van der Waals surface area (Å²) in [6.45, 7) is 7.16. The Hall–Kier alpha value is -3.34. The number of aliphatic imine (C=N–C) groups is 1. The number of aryl methyl sites for hydroxylation is 2. The molecule has 3 aromatic rings. The molecule has 0 aliphatic carbocycles. The highest BCUT2D eigenvalue weighted by Gasteiger charge is 2.35. The Balaban J connectivity index is 1.75. The molecule has 0 saturated carbocycles. The minimum atomic E-state index is -4.55. The first-order valence-electron chi connectivity index (χ1n) is 8.18. The first-order valence-corrected chi connectivity index (χ1v) is 9.00. The third-order valence-corrected chi connectivity index (χ3v) is 4.57. The van der Waals surface area contributed by atoms with Gasteiger partial charge in [-0.25, -0.2) is 0 Å². The summed E-state index contributed by atoms with van der Waals surface area (Å²) in [7, 11) is 0. The summed E-state index contributed by atoms with van der Waals surface area (Å²) in [5.74, 6) is 0. The lowest BCUT2D eigenvalue weighted by atomic mass is 10.2. The molecule has 11 heteroatoms. The monoisotopic (exact) mass is 417 g/mol. The molecule has 0 bridgehead atoms. The van der Waals surface area contributed by atoms with Crippen molar-refractivity contribution >= 4 is 45.9 Å². The van der Waals surface area contributed by atoms with E-state index in [1.54, 1.807) is 37.3 Å². The maximum atomic E-state index is 12.5. The second kappa shape index (κ2) is 8.35. The summed E-state index contributed by atoms with van der Waals surface area (Å²) in [5, 5.41) is 21.3. The van der Waals surface area contributed by atoms with Crippen molar-refractivity contribution in [3.8, 4) is 0 Å². The maximum Gasteiger partial charge on any atom is 0.445 e. The molecule has 2 aromatic carbocycles. The van der Waals surface area contributed by atoms with Gasteiger partial charge in [-0.3, -0.25) is 4.99 Å². The lowest BCUT2D eigenvalue weighted by Crippen LogP contribution is -2.03. The summed E-state index contributed by atoms with van der Waals surface area (Å²) in [4.78, 5) is 3.86. The van der Waals surface area contributed by atoms with Gasteiger partial charge in [0, 0.05) is 0 Å². The molecular weight excluding hydrogens is 403 g/mol. The Morgan fingerprint density at radius 3 is 1.97 bits per heavy atom. The van der Waals surface area contributed by atoms with E-state index in [1.165, 1.54) is 0 Å². The molecule has 0 aliphatic rings. The zero-order valence-electron chi connectivity index (χ0n) is 15.3. The van der Waals surface area contributed by atoms with E-state index in [1.807, 2.05) is 13.0 Å². The Labute approximate surface area is 167 Å². The largest absolute Gasteiger partial charge is 0.445 e. The van der Waals surface area contributed by atoms with Crippen molar-refractivity contribution in [1.82, 2.24) is 10.2 Å². The molecule has 0 unspecified atom stereocenters. The second-order valence-corrected chi connectivity index (χ2v) is 6.84. The number of hydrogen-bond acceptors (Lipinski definition) is 8. The standard InChI is InChI=1S/C18H14F3N7S/c1-10-8-12(22-3)4-6-14(10)24-23-13-5-7-15(11(2)9-13)25-27-17-28-26-16(29-17)18(19,20)21/h4-9H,3H2,1-2H3/b24-23+,27-25+. The average molecular weight is 417 g/mol. The minimum absolute atomic E-state index is 0.173. The van der Waals surface area contributed by atoms with Crippen LogP contribution in [0, 0.1) is 13.8 Å². The van der Waals surface area contributed by atoms with E-state index in [-0.39, 0.29) is 5.13 Å². The number of aromatic nitrogens is 2. The molecule has 0 aliphatic heterocycles. The van der Waals surface area contributed by atoms with Crippen LogP contribution in [0.15, 0.2) is 61.8 Å². The van der Waals surface area contributed by atoms with E-state index >= 15 is 0 Å². The van der Waals surface area contributed by atoms with Crippen LogP contribution in [0.1, 0.15) is 16.1 Å². The first kappa shape index (κ1) is 20.4. The number of azo groups is 2. The zero-order valence-corrected chi connectivity index (χ0v) is 16.2. The number of rotatable bonds is 5. The SMILES string of the molecule is C=Nc1ccc(/N=N/c2ccc(/N=N/c3nnc(C(F)(F)F)s3)c(C)c2)c(C)c1. The fraction of sp³-hybridized carbons (Fsp3) is 0.167. The minimum Gasteiger partial charge on any atom is -0.265 e. The smallest absolute Gasteiger partial charge is 0.265 e. The van der Waals surface area contributed by atoms with Gasteiger partial charge >= 0.3 is 6.18 Å². The maximum absolute atomic E-state index is 12.5. The third kappa shape index (κ3) is 5.13. The molecule has 0 radical (unpaired) electrons. The number of benzene rings is 2. The molecule has 0 amide bonds. The fourth-order valence-electron chi connectivity index (χ4n) is 2.24. The van der Waals surface area contributed by atoms with Crippen LogP contribution in [0.3, 0.4) is 0 Å². The number of halogens is 3. The van der Waals surface area contributed by atoms with E-state index in [2.05, 4.69) is 42.4 Å². The van der Waals surface area contributed by atoms with Crippen molar-refractivity contribution in [2.45, 2.75) is 20.0 Å². The van der Waals surface area contributed by atoms with Crippen LogP contribution in [0.5, 0.6) is 0 Å². The van der Waals surface area contributed by atoms with Crippen molar-refractivity contribution in [1.29, 1.82) is 0 Å². The van der Waals surface area contributed by atoms with Crippen molar-refractivity contribution in [2.24, 2.45) is 25.4 Å². The van der Waals surface area contributed by atoms with E-state index in [9.17, 15) is 13.2 Å².